The van der Waals surface area contributed by atoms with Crippen molar-refractivity contribution in [1.82, 2.24) is 0 Å². The highest BCUT2D eigenvalue weighted by Gasteiger charge is 2.04. The quantitative estimate of drug-likeness (QED) is 0.731. The van der Waals surface area contributed by atoms with Crippen molar-refractivity contribution in [2.75, 3.05) is 6.61 Å². The topological polar surface area (TPSA) is 46.2 Å². The molecule has 0 radical (unpaired) electrons. The van der Waals surface area contributed by atoms with Crippen LogP contribution >= 0.6 is 0 Å². The van der Waals surface area contributed by atoms with Crippen LogP contribution < -0.4 is 5.73 Å². The van der Waals surface area contributed by atoms with Crippen LogP contribution in [0.4, 0.5) is 0 Å². The third-order valence-corrected chi connectivity index (χ3v) is 2.21. The molecule has 0 unspecified atom stereocenters. The van der Waals surface area contributed by atoms with Crippen molar-refractivity contribution in [3.63, 3.8) is 0 Å². The lowest BCUT2D eigenvalue weighted by molar-refractivity contribution is 0.265. The van der Waals surface area contributed by atoms with E-state index in [1.165, 1.54) is 16.7 Å². The molecule has 0 heterocycles. The number of hydrogen-bond donors (Lipinski definition) is 2. The first-order valence-electron chi connectivity index (χ1n) is 4.56. The molecule has 72 valence electrons. The Hall–Kier alpha value is -0.860. The molecule has 13 heavy (non-hydrogen) atoms. The largest absolute Gasteiger partial charge is 0.395 e. The lowest BCUT2D eigenvalue weighted by atomic mass is 10.00. The maximum atomic E-state index is 8.82. The van der Waals surface area contributed by atoms with Gasteiger partial charge in [0.1, 0.15) is 0 Å². The Morgan fingerprint density at radius 1 is 1.38 bits per heavy atom. The van der Waals surface area contributed by atoms with Gasteiger partial charge in [-0.05, 0) is 31.4 Å². The van der Waals surface area contributed by atoms with Gasteiger partial charge in [-0.15, -0.1) is 0 Å². The normalized spacial score (nSPS) is 12.9. The lowest BCUT2D eigenvalue weighted by Gasteiger charge is -2.10. The Morgan fingerprint density at radius 3 is 2.62 bits per heavy atom. The number of aliphatic hydroxyl groups excluding tert-OH is 1. The Balaban J connectivity index is 2.77. The van der Waals surface area contributed by atoms with Crippen LogP contribution in [0.3, 0.4) is 0 Å². The molecule has 0 aliphatic rings. The van der Waals surface area contributed by atoms with Gasteiger partial charge >= 0.3 is 0 Å². The second-order valence-electron chi connectivity index (χ2n) is 3.58. The average Bonchev–Trinajstić information content (AvgIpc) is 2.09. The van der Waals surface area contributed by atoms with Crippen LogP contribution in [-0.2, 0) is 6.42 Å². The third-order valence-electron chi connectivity index (χ3n) is 2.21. The molecule has 0 aromatic heterocycles. The van der Waals surface area contributed by atoms with Gasteiger partial charge in [-0.25, -0.2) is 0 Å². The van der Waals surface area contributed by atoms with Crippen molar-refractivity contribution < 1.29 is 5.11 Å². The SMILES string of the molecule is Cc1ccc(C[C@H](N)CO)c(C)c1. The summed E-state index contributed by atoms with van der Waals surface area (Å²) in [4.78, 5) is 0. The predicted octanol–water partition coefficient (Wildman–Crippen LogP) is 1.17. The summed E-state index contributed by atoms with van der Waals surface area (Å²) in [5.41, 5.74) is 9.41. The summed E-state index contributed by atoms with van der Waals surface area (Å²) < 4.78 is 0. The smallest absolute Gasteiger partial charge is 0.0585 e. The summed E-state index contributed by atoms with van der Waals surface area (Å²) in [5, 5.41) is 8.82. The molecule has 0 aliphatic carbocycles. The molecule has 3 N–H and O–H groups in total. The lowest BCUT2D eigenvalue weighted by Crippen LogP contribution is -2.27. The fraction of sp³-hybridized carbons (Fsp3) is 0.455. The Morgan fingerprint density at radius 2 is 2.08 bits per heavy atom. The fourth-order valence-corrected chi connectivity index (χ4v) is 1.42. The molecule has 0 bridgehead atoms. The molecule has 1 aromatic rings. The fourth-order valence-electron chi connectivity index (χ4n) is 1.42. The van der Waals surface area contributed by atoms with Crippen molar-refractivity contribution in [2.45, 2.75) is 26.3 Å². The van der Waals surface area contributed by atoms with E-state index in [9.17, 15) is 0 Å². The number of hydrogen-bond acceptors (Lipinski definition) is 2. The molecule has 2 nitrogen and oxygen atoms in total. The number of aliphatic hydroxyl groups is 1. The second kappa shape index (κ2) is 4.40. The third kappa shape index (κ3) is 2.83. The van der Waals surface area contributed by atoms with Gasteiger partial charge in [-0.2, -0.15) is 0 Å². The van der Waals surface area contributed by atoms with E-state index in [-0.39, 0.29) is 12.6 Å². The minimum atomic E-state index is -0.138. The molecule has 1 rings (SSSR count). The number of nitrogens with two attached hydrogens (primary N) is 1. The van der Waals surface area contributed by atoms with Gasteiger partial charge in [-0.1, -0.05) is 23.8 Å². The van der Waals surface area contributed by atoms with Gasteiger partial charge in [0.2, 0.25) is 0 Å². The molecular weight excluding hydrogens is 162 g/mol. The first-order valence-corrected chi connectivity index (χ1v) is 4.56. The van der Waals surface area contributed by atoms with E-state index in [2.05, 4.69) is 32.0 Å². The minimum absolute atomic E-state index is 0.0489. The zero-order valence-corrected chi connectivity index (χ0v) is 8.25. The summed E-state index contributed by atoms with van der Waals surface area (Å²) in [7, 11) is 0. The van der Waals surface area contributed by atoms with E-state index in [1.54, 1.807) is 0 Å². The highest BCUT2D eigenvalue weighted by Crippen LogP contribution is 2.11. The zero-order valence-electron chi connectivity index (χ0n) is 8.25. The van der Waals surface area contributed by atoms with Crippen molar-refractivity contribution in [1.29, 1.82) is 0 Å². The van der Waals surface area contributed by atoms with Gasteiger partial charge in [0.15, 0.2) is 0 Å². The van der Waals surface area contributed by atoms with Crippen molar-refractivity contribution >= 4 is 0 Å². The molecular formula is C11H17NO. The van der Waals surface area contributed by atoms with Gasteiger partial charge in [0, 0.05) is 6.04 Å². The molecule has 0 amide bonds. The molecule has 0 aliphatic heterocycles. The maximum absolute atomic E-state index is 8.82. The monoisotopic (exact) mass is 179 g/mol. The molecule has 0 fully saturated rings. The first kappa shape index (κ1) is 10.2. The minimum Gasteiger partial charge on any atom is -0.395 e. The summed E-state index contributed by atoms with van der Waals surface area (Å²) in [5.74, 6) is 0. The first-order chi connectivity index (χ1) is 6.13. The summed E-state index contributed by atoms with van der Waals surface area (Å²) >= 11 is 0. The van der Waals surface area contributed by atoms with Crippen LogP contribution in [0.25, 0.3) is 0 Å². The zero-order chi connectivity index (χ0) is 9.84. The molecule has 0 spiro atoms. The van der Waals surface area contributed by atoms with Gasteiger partial charge in [-0.3, -0.25) is 0 Å². The standard InChI is InChI=1S/C11H17NO/c1-8-3-4-10(9(2)5-8)6-11(12)7-13/h3-5,11,13H,6-7,12H2,1-2H3/t11-/m0/s1. The number of aryl methyl sites for hydroxylation is 2. The predicted molar refractivity (Wildman–Crippen MR) is 54.7 cm³/mol. The molecule has 1 atom stereocenters. The van der Waals surface area contributed by atoms with Gasteiger partial charge in [0.05, 0.1) is 6.61 Å². The van der Waals surface area contributed by atoms with E-state index < -0.39 is 0 Å². The van der Waals surface area contributed by atoms with Crippen molar-refractivity contribution in [3.05, 3.63) is 34.9 Å². The van der Waals surface area contributed by atoms with Crippen LogP contribution in [0.1, 0.15) is 16.7 Å². The van der Waals surface area contributed by atoms with E-state index in [0.717, 1.165) is 6.42 Å². The van der Waals surface area contributed by atoms with E-state index >= 15 is 0 Å². The maximum Gasteiger partial charge on any atom is 0.0585 e. The summed E-state index contributed by atoms with van der Waals surface area (Å²) in [6, 6.07) is 6.16. The number of rotatable bonds is 3. The Kier molecular flexibility index (Phi) is 3.46. The second-order valence-corrected chi connectivity index (χ2v) is 3.58. The molecule has 2 heteroatoms. The van der Waals surface area contributed by atoms with Crippen LogP contribution in [-0.4, -0.2) is 17.8 Å². The van der Waals surface area contributed by atoms with Gasteiger partial charge in [0.25, 0.3) is 0 Å². The van der Waals surface area contributed by atoms with Gasteiger partial charge < -0.3 is 10.8 Å². The van der Waals surface area contributed by atoms with Crippen molar-refractivity contribution in [3.8, 4) is 0 Å². The van der Waals surface area contributed by atoms with Crippen LogP contribution in [0.15, 0.2) is 18.2 Å². The molecule has 0 saturated heterocycles. The van der Waals surface area contributed by atoms with E-state index in [1.807, 2.05) is 0 Å². The van der Waals surface area contributed by atoms with Crippen molar-refractivity contribution in [2.24, 2.45) is 5.73 Å². The molecule has 0 saturated carbocycles. The summed E-state index contributed by atoms with van der Waals surface area (Å²) in [6.45, 7) is 4.20. The summed E-state index contributed by atoms with van der Waals surface area (Å²) in [6.07, 6.45) is 0.753. The highest BCUT2D eigenvalue weighted by atomic mass is 16.3. The van der Waals surface area contributed by atoms with Crippen LogP contribution in [0.2, 0.25) is 0 Å². The molecule has 1 aromatic carbocycles. The van der Waals surface area contributed by atoms with E-state index in [4.69, 9.17) is 10.8 Å². The Labute approximate surface area is 79.4 Å². The van der Waals surface area contributed by atoms with Crippen LogP contribution in [0, 0.1) is 13.8 Å². The number of benzene rings is 1. The van der Waals surface area contributed by atoms with Crippen LogP contribution in [0.5, 0.6) is 0 Å². The average molecular weight is 179 g/mol. The highest BCUT2D eigenvalue weighted by molar-refractivity contribution is 5.30. The Bertz CT molecular complexity index is 283. The van der Waals surface area contributed by atoms with E-state index in [0.29, 0.717) is 0 Å².